The number of rotatable bonds is 5. The molecule has 0 aliphatic rings. The van der Waals surface area contributed by atoms with Crippen LogP contribution in [0.5, 0.6) is 0 Å². The second kappa shape index (κ2) is 7.13. The van der Waals surface area contributed by atoms with Gasteiger partial charge in [-0.1, -0.05) is 48.5 Å². The van der Waals surface area contributed by atoms with Crippen LogP contribution in [0.15, 0.2) is 65.8 Å². The molecule has 0 fully saturated rings. The van der Waals surface area contributed by atoms with Gasteiger partial charge in [0.15, 0.2) is 0 Å². The summed E-state index contributed by atoms with van der Waals surface area (Å²) in [5, 5.41) is 7.28. The van der Waals surface area contributed by atoms with Crippen molar-refractivity contribution in [1.29, 1.82) is 0 Å². The van der Waals surface area contributed by atoms with Crippen LogP contribution in [0.4, 0.5) is 17.6 Å². The molecule has 1 heterocycles. The molecule has 6 nitrogen and oxygen atoms in total. The topological polar surface area (TPSA) is 75.1 Å². The van der Waals surface area contributed by atoms with Crippen molar-refractivity contribution in [2.24, 2.45) is 5.10 Å². The van der Waals surface area contributed by atoms with Crippen LogP contribution in [0.25, 0.3) is 0 Å². The molecule has 114 valence electrons. The summed E-state index contributed by atoms with van der Waals surface area (Å²) in [5.74, 6) is 1.47. The Balaban J connectivity index is 1.71. The van der Waals surface area contributed by atoms with Crippen molar-refractivity contribution >= 4 is 23.8 Å². The Kier molecular flexibility index (Phi) is 4.54. The smallest absolute Gasteiger partial charge is 0.248 e. The normalized spacial score (nSPS) is 10.7. The SMILES string of the molecule is Cc1nc(N/N=C/c2ccccc2)nc(Nc2ccccc2)n1. The first-order chi connectivity index (χ1) is 11.3. The molecular formula is C17H16N6. The van der Waals surface area contributed by atoms with Crippen LogP contribution < -0.4 is 10.7 Å². The largest absolute Gasteiger partial charge is 0.324 e. The number of nitrogens with zero attached hydrogens (tertiary/aromatic N) is 4. The van der Waals surface area contributed by atoms with Gasteiger partial charge < -0.3 is 5.32 Å². The molecule has 0 aliphatic heterocycles. The zero-order valence-electron chi connectivity index (χ0n) is 12.6. The van der Waals surface area contributed by atoms with Gasteiger partial charge in [0, 0.05) is 5.69 Å². The van der Waals surface area contributed by atoms with Gasteiger partial charge in [-0.3, -0.25) is 0 Å². The Bertz CT molecular complexity index is 787. The standard InChI is InChI=1S/C17H16N6/c1-13-19-16(21-15-10-6-3-7-11-15)22-17(20-13)23-18-12-14-8-4-2-5-9-14/h2-12H,1H3,(H2,19,20,21,22,23)/b18-12+. The van der Waals surface area contributed by atoms with Gasteiger partial charge in [-0.15, -0.1) is 0 Å². The Morgan fingerprint density at radius 3 is 2.22 bits per heavy atom. The molecule has 2 aromatic carbocycles. The third kappa shape index (κ3) is 4.34. The van der Waals surface area contributed by atoms with E-state index in [0.717, 1.165) is 11.3 Å². The van der Waals surface area contributed by atoms with Crippen molar-refractivity contribution in [3.63, 3.8) is 0 Å². The third-order valence-electron chi connectivity index (χ3n) is 2.95. The van der Waals surface area contributed by atoms with Gasteiger partial charge in [0.2, 0.25) is 11.9 Å². The molecule has 2 N–H and O–H groups in total. The molecule has 3 rings (SSSR count). The molecule has 0 saturated heterocycles. The number of hydrogen-bond donors (Lipinski definition) is 2. The summed E-state index contributed by atoms with van der Waals surface area (Å²) < 4.78 is 0. The highest BCUT2D eigenvalue weighted by Gasteiger charge is 2.03. The monoisotopic (exact) mass is 304 g/mol. The van der Waals surface area contributed by atoms with E-state index in [1.54, 1.807) is 6.21 Å². The summed E-state index contributed by atoms with van der Waals surface area (Å²) >= 11 is 0. The maximum absolute atomic E-state index is 4.30. The number of anilines is 3. The van der Waals surface area contributed by atoms with Gasteiger partial charge >= 0.3 is 0 Å². The highest BCUT2D eigenvalue weighted by molar-refractivity contribution is 5.79. The predicted molar refractivity (Wildman–Crippen MR) is 91.9 cm³/mol. The molecule has 0 spiro atoms. The summed E-state index contributed by atoms with van der Waals surface area (Å²) in [6.45, 7) is 1.81. The summed E-state index contributed by atoms with van der Waals surface area (Å²) in [6.07, 6.45) is 1.71. The summed E-state index contributed by atoms with van der Waals surface area (Å²) in [7, 11) is 0. The van der Waals surface area contributed by atoms with Crippen LogP contribution in [-0.4, -0.2) is 21.2 Å². The zero-order valence-corrected chi connectivity index (χ0v) is 12.6. The fourth-order valence-electron chi connectivity index (χ4n) is 1.94. The molecule has 0 bridgehead atoms. The molecule has 1 aromatic heterocycles. The van der Waals surface area contributed by atoms with Crippen molar-refractivity contribution in [3.05, 3.63) is 72.1 Å². The second-order valence-electron chi connectivity index (χ2n) is 4.80. The Morgan fingerprint density at radius 2 is 1.48 bits per heavy atom. The Hall–Kier alpha value is -3.28. The van der Waals surface area contributed by atoms with Gasteiger partial charge in [-0.25, -0.2) is 5.43 Å². The van der Waals surface area contributed by atoms with E-state index < -0.39 is 0 Å². The molecule has 0 saturated carbocycles. The predicted octanol–water partition coefficient (Wildman–Crippen LogP) is 3.37. The highest BCUT2D eigenvalue weighted by atomic mass is 15.4. The van der Waals surface area contributed by atoms with Crippen LogP contribution >= 0.6 is 0 Å². The van der Waals surface area contributed by atoms with Gasteiger partial charge in [-0.05, 0) is 24.6 Å². The zero-order chi connectivity index (χ0) is 15.9. The minimum atomic E-state index is 0.392. The number of hydrogen-bond acceptors (Lipinski definition) is 6. The lowest BCUT2D eigenvalue weighted by atomic mass is 10.2. The fraction of sp³-hybridized carbons (Fsp3) is 0.0588. The van der Waals surface area contributed by atoms with Crippen molar-refractivity contribution in [3.8, 4) is 0 Å². The van der Waals surface area contributed by atoms with E-state index >= 15 is 0 Å². The van der Waals surface area contributed by atoms with E-state index in [1.165, 1.54) is 0 Å². The Morgan fingerprint density at radius 1 is 0.826 bits per heavy atom. The molecule has 0 amide bonds. The fourth-order valence-corrected chi connectivity index (χ4v) is 1.94. The van der Waals surface area contributed by atoms with Crippen LogP contribution in [0.1, 0.15) is 11.4 Å². The lowest BCUT2D eigenvalue weighted by Crippen LogP contribution is -2.05. The van der Waals surface area contributed by atoms with Crippen molar-refractivity contribution in [2.75, 3.05) is 10.7 Å². The first-order valence-electron chi connectivity index (χ1n) is 7.18. The van der Waals surface area contributed by atoms with Crippen molar-refractivity contribution in [1.82, 2.24) is 15.0 Å². The molecule has 6 heteroatoms. The lowest BCUT2D eigenvalue weighted by molar-refractivity contribution is 0.975. The van der Waals surface area contributed by atoms with E-state index in [0.29, 0.717) is 17.7 Å². The number of nitrogens with one attached hydrogen (secondary N) is 2. The quantitative estimate of drug-likeness (QED) is 0.558. The average molecular weight is 304 g/mol. The van der Waals surface area contributed by atoms with Crippen LogP contribution in [0, 0.1) is 6.92 Å². The second-order valence-corrected chi connectivity index (χ2v) is 4.80. The number of benzene rings is 2. The third-order valence-corrected chi connectivity index (χ3v) is 2.95. The van der Waals surface area contributed by atoms with E-state index in [1.807, 2.05) is 67.6 Å². The molecular weight excluding hydrogens is 288 g/mol. The highest BCUT2D eigenvalue weighted by Crippen LogP contribution is 2.13. The molecule has 0 atom stereocenters. The maximum atomic E-state index is 4.30. The minimum Gasteiger partial charge on any atom is -0.324 e. The van der Waals surface area contributed by atoms with Crippen LogP contribution in [0.2, 0.25) is 0 Å². The summed E-state index contributed by atoms with van der Waals surface area (Å²) in [6, 6.07) is 19.5. The molecule has 23 heavy (non-hydrogen) atoms. The molecule has 0 unspecified atom stereocenters. The average Bonchev–Trinajstić information content (AvgIpc) is 2.56. The number of aromatic nitrogens is 3. The number of hydrazone groups is 1. The minimum absolute atomic E-state index is 0.392. The van der Waals surface area contributed by atoms with Gasteiger partial charge in [0.05, 0.1) is 6.21 Å². The van der Waals surface area contributed by atoms with Gasteiger partial charge in [-0.2, -0.15) is 20.1 Å². The number of aryl methyl sites for hydroxylation is 1. The van der Waals surface area contributed by atoms with Gasteiger partial charge in [0.1, 0.15) is 5.82 Å². The van der Waals surface area contributed by atoms with E-state index in [4.69, 9.17) is 0 Å². The first kappa shape index (κ1) is 14.6. The molecule has 3 aromatic rings. The van der Waals surface area contributed by atoms with E-state index in [9.17, 15) is 0 Å². The van der Waals surface area contributed by atoms with E-state index in [2.05, 4.69) is 30.8 Å². The maximum Gasteiger partial charge on any atom is 0.248 e. The van der Waals surface area contributed by atoms with E-state index in [-0.39, 0.29) is 0 Å². The van der Waals surface area contributed by atoms with Crippen LogP contribution in [-0.2, 0) is 0 Å². The van der Waals surface area contributed by atoms with Gasteiger partial charge in [0.25, 0.3) is 0 Å². The van der Waals surface area contributed by atoms with Crippen molar-refractivity contribution in [2.45, 2.75) is 6.92 Å². The lowest BCUT2D eigenvalue weighted by Gasteiger charge is -2.06. The van der Waals surface area contributed by atoms with Crippen LogP contribution in [0.3, 0.4) is 0 Å². The number of para-hydroxylation sites is 1. The molecule has 0 aliphatic carbocycles. The van der Waals surface area contributed by atoms with Crippen molar-refractivity contribution < 1.29 is 0 Å². The summed E-state index contributed by atoms with van der Waals surface area (Å²) in [4.78, 5) is 12.8. The molecule has 0 radical (unpaired) electrons. The first-order valence-corrected chi connectivity index (χ1v) is 7.18. The Labute approximate surface area is 134 Å². The summed E-state index contributed by atoms with van der Waals surface area (Å²) in [5.41, 5.74) is 4.74.